The van der Waals surface area contributed by atoms with Crippen molar-refractivity contribution in [3.8, 4) is 0 Å². The van der Waals surface area contributed by atoms with Crippen LogP contribution in [-0.2, 0) is 11.3 Å². The molecule has 1 aliphatic heterocycles. The Balaban J connectivity index is 1.63. The molecule has 0 saturated carbocycles. The van der Waals surface area contributed by atoms with Gasteiger partial charge in [-0.1, -0.05) is 25.1 Å². The maximum absolute atomic E-state index is 13.8. The fraction of sp³-hybridized carbons (Fsp3) is 0.115. The number of nitrogens with one attached hydrogen (secondary N) is 3. The summed E-state index contributed by atoms with van der Waals surface area (Å²) in [6.45, 7) is 3.75. The van der Waals surface area contributed by atoms with Crippen molar-refractivity contribution in [3.05, 3.63) is 95.6 Å². The molecule has 3 N–H and O–H groups in total. The lowest BCUT2D eigenvalue weighted by atomic mass is 9.99. The van der Waals surface area contributed by atoms with Crippen molar-refractivity contribution < 1.29 is 9.18 Å². The first-order chi connectivity index (χ1) is 16.1. The Hall–Kier alpha value is -4.10. The van der Waals surface area contributed by atoms with Crippen LogP contribution >= 0.6 is 0 Å². The molecule has 6 nitrogen and oxygen atoms in total. The molecule has 0 unspecified atom stereocenters. The lowest BCUT2D eigenvalue weighted by Crippen LogP contribution is -2.12. The van der Waals surface area contributed by atoms with Crippen LogP contribution in [0.15, 0.2) is 73.1 Å². The van der Waals surface area contributed by atoms with Gasteiger partial charge >= 0.3 is 0 Å². The second-order valence-electron chi connectivity index (χ2n) is 7.76. The van der Waals surface area contributed by atoms with Crippen molar-refractivity contribution in [1.82, 2.24) is 15.3 Å². The number of halogens is 1. The molecule has 0 saturated heterocycles. The van der Waals surface area contributed by atoms with Crippen LogP contribution in [0.1, 0.15) is 23.6 Å². The third-order valence-corrected chi connectivity index (χ3v) is 5.54. The highest BCUT2D eigenvalue weighted by molar-refractivity contribution is 6.37. The topological polar surface area (TPSA) is 78.9 Å². The third kappa shape index (κ3) is 4.18. The second kappa shape index (κ2) is 8.80. The van der Waals surface area contributed by atoms with Crippen LogP contribution in [0.4, 0.5) is 15.8 Å². The van der Waals surface area contributed by atoms with Crippen LogP contribution in [0.25, 0.3) is 22.3 Å². The fourth-order valence-electron chi connectivity index (χ4n) is 3.91. The zero-order chi connectivity index (χ0) is 22.8. The predicted molar refractivity (Wildman–Crippen MR) is 129 cm³/mol. The van der Waals surface area contributed by atoms with E-state index in [9.17, 15) is 9.18 Å². The van der Waals surface area contributed by atoms with Crippen molar-refractivity contribution in [2.45, 2.75) is 13.5 Å². The van der Waals surface area contributed by atoms with E-state index in [2.05, 4.69) is 32.8 Å². The van der Waals surface area contributed by atoms with Gasteiger partial charge in [-0.25, -0.2) is 4.39 Å². The van der Waals surface area contributed by atoms with Gasteiger partial charge in [-0.15, -0.1) is 0 Å². The number of rotatable bonds is 6. The van der Waals surface area contributed by atoms with Gasteiger partial charge in [0.25, 0.3) is 5.91 Å². The Kier molecular flexibility index (Phi) is 5.54. The molecule has 1 aliphatic rings. The lowest BCUT2D eigenvalue weighted by Gasteiger charge is -2.16. The van der Waals surface area contributed by atoms with Crippen LogP contribution in [-0.4, -0.2) is 22.4 Å². The van der Waals surface area contributed by atoms with Gasteiger partial charge in [0.2, 0.25) is 0 Å². The van der Waals surface area contributed by atoms with E-state index in [1.54, 1.807) is 18.5 Å². The van der Waals surface area contributed by atoms with E-state index in [0.29, 0.717) is 28.0 Å². The van der Waals surface area contributed by atoms with Crippen molar-refractivity contribution >= 4 is 39.6 Å². The van der Waals surface area contributed by atoms with Gasteiger partial charge in [0, 0.05) is 35.8 Å². The Morgan fingerprint density at radius 3 is 2.55 bits per heavy atom. The fourth-order valence-corrected chi connectivity index (χ4v) is 3.91. The Morgan fingerprint density at radius 2 is 1.76 bits per heavy atom. The summed E-state index contributed by atoms with van der Waals surface area (Å²) in [6.07, 6.45) is 3.28. The average Bonchev–Trinajstić information content (AvgIpc) is 3.16. The largest absolute Gasteiger partial charge is 0.354 e. The molecule has 1 aromatic heterocycles. The molecule has 0 fully saturated rings. The minimum Gasteiger partial charge on any atom is -0.354 e. The molecular weight excluding hydrogens is 417 g/mol. The number of carbonyl (C=O) groups is 1. The third-order valence-electron chi connectivity index (χ3n) is 5.54. The lowest BCUT2D eigenvalue weighted by molar-refractivity contribution is -0.110. The number of benzene rings is 3. The summed E-state index contributed by atoms with van der Waals surface area (Å²) in [4.78, 5) is 21.8. The minimum atomic E-state index is -0.401. The molecule has 33 heavy (non-hydrogen) atoms. The van der Waals surface area contributed by atoms with Gasteiger partial charge in [0.05, 0.1) is 28.0 Å². The highest BCUT2D eigenvalue weighted by Gasteiger charge is 2.29. The Labute approximate surface area is 190 Å². The van der Waals surface area contributed by atoms with Crippen molar-refractivity contribution in [2.24, 2.45) is 0 Å². The zero-order valence-corrected chi connectivity index (χ0v) is 18.0. The SMILES string of the molecule is CCNCc1ccc(N/C(=C2\C(=O)Nc3cc(F)ccc32)c2ccc3nccnc3c2)cc1. The molecule has 0 radical (unpaired) electrons. The quantitative estimate of drug-likeness (QED) is 0.376. The molecule has 0 bridgehead atoms. The molecular formula is C26H22FN5O. The average molecular weight is 439 g/mol. The van der Waals surface area contributed by atoms with Gasteiger partial charge in [0.1, 0.15) is 5.82 Å². The number of anilines is 2. The van der Waals surface area contributed by atoms with Gasteiger partial charge in [0.15, 0.2) is 0 Å². The molecule has 0 aliphatic carbocycles. The van der Waals surface area contributed by atoms with E-state index < -0.39 is 5.82 Å². The maximum Gasteiger partial charge on any atom is 0.258 e. The smallest absolute Gasteiger partial charge is 0.258 e. The highest BCUT2D eigenvalue weighted by Crippen LogP contribution is 2.38. The zero-order valence-electron chi connectivity index (χ0n) is 18.0. The van der Waals surface area contributed by atoms with Crippen LogP contribution in [0.5, 0.6) is 0 Å². The van der Waals surface area contributed by atoms with Crippen molar-refractivity contribution in [1.29, 1.82) is 0 Å². The van der Waals surface area contributed by atoms with E-state index in [-0.39, 0.29) is 5.91 Å². The first-order valence-electron chi connectivity index (χ1n) is 10.8. The monoisotopic (exact) mass is 439 g/mol. The van der Waals surface area contributed by atoms with Crippen LogP contribution in [0.2, 0.25) is 0 Å². The van der Waals surface area contributed by atoms with Crippen LogP contribution in [0, 0.1) is 5.82 Å². The van der Waals surface area contributed by atoms with E-state index in [1.807, 2.05) is 42.5 Å². The van der Waals surface area contributed by atoms with Crippen molar-refractivity contribution in [3.63, 3.8) is 0 Å². The first-order valence-corrected chi connectivity index (χ1v) is 10.8. The predicted octanol–water partition coefficient (Wildman–Crippen LogP) is 4.81. The summed E-state index contributed by atoms with van der Waals surface area (Å²) in [5, 5.41) is 9.52. The summed E-state index contributed by atoms with van der Waals surface area (Å²) in [5.74, 6) is -0.692. The Bertz CT molecular complexity index is 1380. The molecule has 7 heteroatoms. The molecule has 0 atom stereocenters. The molecule has 4 aromatic rings. The van der Waals surface area contributed by atoms with Gasteiger partial charge in [-0.05, 0) is 54.6 Å². The summed E-state index contributed by atoms with van der Waals surface area (Å²) in [7, 11) is 0. The minimum absolute atomic E-state index is 0.291. The second-order valence-corrected chi connectivity index (χ2v) is 7.76. The standard InChI is InChI=1S/C26H22FN5O/c1-2-28-15-16-3-7-19(8-4-16)31-25(17-5-10-21-23(13-17)30-12-11-29-21)24-20-9-6-18(27)14-22(20)32-26(24)33/h3-14,28,31H,2,15H2,1H3,(H,32,33)/b25-24-. The van der Waals surface area contributed by atoms with Crippen LogP contribution < -0.4 is 16.0 Å². The number of hydrogen-bond donors (Lipinski definition) is 3. The first kappa shape index (κ1) is 20.8. The normalized spacial score (nSPS) is 14.2. The van der Waals surface area contributed by atoms with Gasteiger partial charge in [-0.3, -0.25) is 14.8 Å². The van der Waals surface area contributed by atoms with Crippen molar-refractivity contribution in [2.75, 3.05) is 17.2 Å². The van der Waals surface area contributed by atoms with Gasteiger partial charge < -0.3 is 16.0 Å². The highest BCUT2D eigenvalue weighted by atomic mass is 19.1. The molecule has 2 heterocycles. The number of amides is 1. The van der Waals surface area contributed by atoms with E-state index >= 15 is 0 Å². The maximum atomic E-state index is 13.8. The number of fused-ring (bicyclic) bond motifs is 2. The summed E-state index contributed by atoms with van der Waals surface area (Å²) in [5.41, 5.74) is 6.42. The molecule has 5 rings (SSSR count). The molecule has 1 amide bonds. The van der Waals surface area contributed by atoms with Crippen LogP contribution in [0.3, 0.4) is 0 Å². The number of aromatic nitrogens is 2. The van der Waals surface area contributed by atoms with E-state index in [1.165, 1.54) is 12.1 Å². The summed E-state index contributed by atoms with van der Waals surface area (Å²) < 4.78 is 13.8. The number of carbonyl (C=O) groups excluding carboxylic acids is 1. The Morgan fingerprint density at radius 1 is 0.970 bits per heavy atom. The molecule has 164 valence electrons. The summed E-state index contributed by atoms with van der Waals surface area (Å²) in [6, 6.07) is 18.0. The number of hydrogen-bond acceptors (Lipinski definition) is 5. The summed E-state index contributed by atoms with van der Waals surface area (Å²) >= 11 is 0. The van der Waals surface area contributed by atoms with E-state index in [4.69, 9.17) is 0 Å². The molecule has 3 aromatic carbocycles. The van der Waals surface area contributed by atoms with Gasteiger partial charge in [-0.2, -0.15) is 0 Å². The number of nitrogens with zero attached hydrogens (tertiary/aromatic N) is 2. The van der Waals surface area contributed by atoms with E-state index in [0.717, 1.165) is 35.4 Å². The molecule has 0 spiro atoms.